The molecule has 6 nitrogen and oxygen atoms in total. The molecule has 0 bridgehead atoms. The van der Waals surface area contributed by atoms with Crippen molar-refractivity contribution in [3.63, 3.8) is 0 Å². The number of amides is 2. The minimum atomic E-state index is -0.290. The number of likely N-dealkylation sites (tertiary alicyclic amines) is 1. The molecule has 0 aromatic carbocycles. The number of aliphatic hydroxyl groups is 1. The molecule has 1 N–H and O–H groups in total. The van der Waals surface area contributed by atoms with Crippen molar-refractivity contribution in [3.8, 4) is 0 Å². The average Bonchev–Trinajstić information content (AvgIpc) is 2.85. The summed E-state index contributed by atoms with van der Waals surface area (Å²) in [6.45, 7) is 5.85. The lowest BCUT2D eigenvalue weighted by Gasteiger charge is -2.32. The van der Waals surface area contributed by atoms with E-state index in [4.69, 9.17) is 4.74 Å². The number of aliphatic hydroxyl groups excluding tert-OH is 1. The van der Waals surface area contributed by atoms with Crippen molar-refractivity contribution in [1.82, 2.24) is 9.80 Å². The molecule has 1 unspecified atom stereocenters. The molecule has 0 spiro atoms. The first-order chi connectivity index (χ1) is 10.1. The second-order valence-electron chi connectivity index (χ2n) is 5.46. The van der Waals surface area contributed by atoms with Crippen molar-refractivity contribution in [1.29, 1.82) is 0 Å². The SMILES string of the molecule is CCC(CC)N(CCO)C(=O)C1CC(=O)N(CCOC)C1. The van der Waals surface area contributed by atoms with Gasteiger partial charge < -0.3 is 19.6 Å². The largest absolute Gasteiger partial charge is 0.395 e. The van der Waals surface area contributed by atoms with Crippen LogP contribution in [0.1, 0.15) is 33.1 Å². The number of hydrogen-bond acceptors (Lipinski definition) is 4. The molecule has 1 aliphatic rings. The Hall–Kier alpha value is -1.14. The van der Waals surface area contributed by atoms with E-state index in [1.54, 1.807) is 16.9 Å². The van der Waals surface area contributed by atoms with Gasteiger partial charge in [0.05, 0.1) is 19.1 Å². The summed E-state index contributed by atoms with van der Waals surface area (Å²) in [6.07, 6.45) is 1.98. The molecule has 122 valence electrons. The van der Waals surface area contributed by atoms with Crippen LogP contribution < -0.4 is 0 Å². The van der Waals surface area contributed by atoms with Crippen LogP contribution >= 0.6 is 0 Å². The quantitative estimate of drug-likeness (QED) is 0.673. The van der Waals surface area contributed by atoms with Crippen molar-refractivity contribution in [2.75, 3.05) is 40.0 Å². The van der Waals surface area contributed by atoms with Crippen LogP contribution in [-0.4, -0.2) is 72.7 Å². The molecule has 1 atom stereocenters. The Morgan fingerprint density at radius 1 is 1.48 bits per heavy atom. The minimum absolute atomic E-state index is 0.00832. The molecule has 0 radical (unpaired) electrons. The van der Waals surface area contributed by atoms with Crippen LogP contribution in [0.3, 0.4) is 0 Å². The molecule has 1 saturated heterocycles. The molecule has 1 heterocycles. The van der Waals surface area contributed by atoms with Gasteiger partial charge in [0.25, 0.3) is 0 Å². The molecule has 6 heteroatoms. The third-order valence-electron chi connectivity index (χ3n) is 4.14. The smallest absolute Gasteiger partial charge is 0.228 e. The number of rotatable bonds is 9. The lowest BCUT2D eigenvalue weighted by molar-refractivity contribution is -0.138. The van der Waals surface area contributed by atoms with Crippen LogP contribution in [0.2, 0.25) is 0 Å². The van der Waals surface area contributed by atoms with E-state index >= 15 is 0 Å². The van der Waals surface area contributed by atoms with Gasteiger partial charge in [-0.05, 0) is 12.8 Å². The molecule has 0 aromatic rings. The van der Waals surface area contributed by atoms with E-state index in [0.29, 0.717) is 26.2 Å². The number of carbonyl (C=O) groups excluding carboxylic acids is 2. The van der Waals surface area contributed by atoms with E-state index in [1.807, 2.05) is 13.8 Å². The van der Waals surface area contributed by atoms with Crippen molar-refractivity contribution < 1.29 is 19.4 Å². The van der Waals surface area contributed by atoms with Gasteiger partial charge in [0, 0.05) is 39.2 Å². The summed E-state index contributed by atoms with van der Waals surface area (Å²) in [5.74, 6) is -0.286. The van der Waals surface area contributed by atoms with E-state index in [1.165, 1.54) is 0 Å². The van der Waals surface area contributed by atoms with E-state index in [2.05, 4.69) is 0 Å². The monoisotopic (exact) mass is 300 g/mol. The number of methoxy groups -OCH3 is 1. The average molecular weight is 300 g/mol. The molecule has 0 aliphatic carbocycles. The third kappa shape index (κ3) is 4.68. The van der Waals surface area contributed by atoms with Gasteiger partial charge in [-0.2, -0.15) is 0 Å². The standard InChI is InChI=1S/C15H28N2O4/c1-4-13(5-2)17(6-8-18)15(20)12-10-14(19)16(11-12)7-9-21-3/h12-13,18H,4-11H2,1-3H3. The second kappa shape index (κ2) is 9.00. The molecule has 1 fully saturated rings. The number of hydrogen-bond donors (Lipinski definition) is 1. The predicted molar refractivity (Wildman–Crippen MR) is 79.7 cm³/mol. The van der Waals surface area contributed by atoms with Crippen molar-refractivity contribution >= 4 is 11.8 Å². The van der Waals surface area contributed by atoms with Crippen LogP contribution in [0.25, 0.3) is 0 Å². The fourth-order valence-electron chi connectivity index (χ4n) is 2.90. The molecule has 0 saturated carbocycles. The number of carbonyl (C=O) groups is 2. The van der Waals surface area contributed by atoms with E-state index < -0.39 is 0 Å². The summed E-state index contributed by atoms with van der Waals surface area (Å²) in [5, 5.41) is 9.20. The zero-order valence-electron chi connectivity index (χ0n) is 13.4. The molecule has 21 heavy (non-hydrogen) atoms. The van der Waals surface area contributed by atoms with Crippen molar-refractivity contribution in [3.05, 3.63) is 0 Å². The Bertz CT molecular complexity index is 345. The van der Waals surface area contributed by atoms with Gasteiger partial charge in [0.2, 0.25) is 11.8 Å². The summed E-state index contributed by atoms with van der Waals surface area (Å²) in [6, 6.07) is 0.132. The zero-order chi connectivity index (χ0) is 15.8. The lowest BCUT2D eigenvalue weighted by atomic mass is 10.0. The third-order valence-corrected chi connectivity index (χ3v) is 4.14. The highest BCUT2D eigenvalue weighted by molar-refractivity contribution is 5.89. The molecule has 1 aliphatic heterocycles. The van der Waals surface area contributed by atoms with Gasteiger partial charge in [-0.3, -0.25) is 9.59 Å². The minimum Gasteiger partial charge on any atom is -0.395 e. The van der Waals surface area contributed by atoms with Crippen molar-refractivity contribution in [2.45, 2.75) is 39.2 Å². The van der Waals surface area contributed by atoms with Gasteiger partial charge in [0.15, 0.2) is 0 Å². The normalized spacial score (nSPS) is 18.6. The highest BCUT2D eigenvalue weighted by atomic mass is 16.5. The molecular formula is C15H28N2O4. The predicted octanol–water partition coefficient (Wildman–Crippen LogP) is 0.491. The summed E-state index contributed by atoms with van der Waals surface area (Å²) in [5.41, 5.74) is 0. The number of ether oxygens (including phenoxy) is 1. The van der Waals surface area contributed by atoms with Crippen molar-refractivity contribution in [2.24, 2.45) is 5.92 Å². The van der Waals surface area contributed by atoms with Crippen LogP contribution in [-0.2, 0) is 14.3 Å². The highest BCUT2D eigenvalue weighted by Crippen LogP contribution is 2.22. The van der Waals surface area contributed by atoms with E-state index in [9.17, 15) is 14.7 Å². The summed E-state index contributed by atoms with van der Waals surface area (Å²) >= 11 is 0. The maximum absolute atomic E-state index is 12.7. The van der Waals surface area contributed by atoms with Crippen LogP contribution in [0.4, 0.5) is 0 Å². The Morgan fingerprint density at radius 3 is 2.67 bits per heavy atom. The molecule has 1 rings (SSSR count). The number of nitrogens with zero attached hydrogens (tertiary/aromatic N) is 2. The summed E-state index contributed by atoms with van der Waals surface area (Å²) in [7, 11) is 1.60. The lowest BCUT2D eigenvalue weighted by Crippen LogP contribution is -2.45. The van der Waals surface area contributed by atoms with E-state index in [-0.39, 0.29) is 36.8 Å². The van der Waals surface area contributed by atoms with Crippen LogP contribution in [0.15, 0.2) is 0 Å². The Balaban J connectivity index is 2.69. The second-order valence-corrected chi connectivity index (χ2v) is 5.46. The van der Waals surface area contributed by atoms with E-state index in [0.717, 1.165) is 12.8 Å². The van der Waals surface area contributed by atoms with Gasteiger partial charge in [-0.15, -0.1) is 0 Å². The first-order valence-electron chi connectivity index (χ1n) is 7.76. The van der Waals surface area contributed by atoms with Crippen LogP contribution in [0, 0.1) is 5.92 Å². The molecular weight excluding hydrogens is 272 g/mol. The fraction of sp³-hybridized carbons (Fsp3) is 0.867. The first-order valence-corrected chi connectivity index (χ1v) is 7.76. The fourth-order valence-corrected chi connectivity index (χ4v) is 2.90. The molecule has 2 amide bonds. The maximum Gasteiger partial charge on any atom is 0.228 e. The zero-order valence-corrected chi connectivity index (χ0v) is 13.4. The Labute approximate surface area is 127 Å². The van der Waals surface area contributed by atoms with Gasteiger partial charge >= 0.3 is 0 Å². The first kappa shape index (κ1) is 17.9. The summed E-state index contributed by atoms with van der Waals surface area (Å²) in [4.78, 5) is 28.0. The van der Waals surface area contributed by atoms with Gasteiger partial charge in [0.1, 0.15) is 0 Å². The maximum atomic E-state index is 12.7. The van der Waals surface area contributed by atoms with Gasteiger partial charge in [-0.1, -0.05) is 13.8 Å². The Kier molecular flexibility index (Phi) is 7.67. The molecule has 0 aromatic heterocycles. The summed E-state index contributed by atoms with van der Waals surface area (Å²) < 4.78 is 4.98. The Morgan fingerprint density at radius 2 is 2.14 bits per heavy atom. The van der Waals surface area contributed by atoms with Gasteiger partial charge in [-0.25, -0.2) is 0 Å². The highest BCUT2D eigenvalue weighted by Gasteiger charge is 2.37. The van der Waals surface area contributed by atoms with Crippen LogP contribution in [0.5, 0.6) is 0 Å². The topological polar surface area (TPSA) is 70.1 Å².